The number of ether oxygens (including phenoxy) is 1. The van der Waals surface area contributed by atoms with E-state index in [9.17, 15) is 9.59 Å². The number of carboxylic acids is 1. The first kappa shape index (κ1) is 16.0. The first-order valence-corrected chi connectivity index (χ1v) is 6.45. The molecule has 0 bridgehead atoms. The summed E-state index contributed by atoms with van der Waals surface area (Å²) in [6, 6.07) is 5.96. The number of carbonyl (C=O) groups is 2. The third kappa shape index (κ3) is 4.89. The van der Waals surface area contributed by atoms with Crippen molar-refractivity contribution in [2.24, 2.45) is 11.7 Å². The topological polar surface area (TPSA) is 102 Å². The molecule has 0 saturated carbocycles. The van der Waals surface area contributed by atoms with Crippen LogP contribution in [0.3, 0.4) is 0 Å². The summed E-state index contributed by atoms with van der Waals surface area (Å²) in [5.74, 6) is -0.864. The monoisotopic (exact) mass is 280 g/mol. The maximum atomic E-state index is 11.9. The lowest BCUT2D eigenvalue weighted by atomic mass is 9.99. The molecule has 1 rings (SSSR count). The number of carbonyl (C=O) groups excluding carboxylic acids is 1. The minimum absolute atomic E-state index is 0.0847. The van der Waals surface area contributed by atoms with Crippen molar-refractivity contribution in [2.75, 3.05) is 11.9 Å². The highest BCUT2D eigenvalue weighted by molar-refractivity contribution is 5.95. The van der Waals surface area contributed by atoms with E-state index in [-0.39, 0.29) is 11.8 Å². The summed E-state index contributed by atoms with van der Waals surface area (Å²) in [5, 5.41) is 11.2. The molecule has 0 aliphatic heterocycles. The zero-order valence-corrected chi connectivity index (χ0v) is 11.6. The Kier molecular flexibility index (Phi) is 5.99. The summed E-state index contributed by atoms with van der Waals surface area (Å²) < 4.78 is 5.04. The van der Waals surface area contributed by atoms with Gasteiger partial charge in [0.1, 0.15) is 5.75 Å². The Hall–Kier alpha value is -2.08. The van der Waals surface area contributed by atoms with Crippen LogP contribution in [0.25, 0.3) is 0 Å². The van der Waals surface area contributed by atoms with E-state index < -0.39 is 18.6 Å². The highest BCUT2D eigenvalue weighted by Gasteiger charge is 2.19. The number of anilines is 1. The highest BCUT2D eigenvalue weighted by atomic mass is 16.5. The van der Waals surface area contributed by atoms with Gasteiger partial charge < -0.3 is 20.9 Å². The summed E-state index contributed by atoms with van der Waals surface area (Å²) in [4.78, 5) is 22.3. The van der Waals surface area contributed by atoms with Gasteiger partial charge in [-0.2, -0.15) is 0 Å². The molecule has 0 spiro atoms. The summed E-state index contributed by atoms with van der Waals surface area (Å²) in [6.45, 7) is 3.46. The number of hydrogen-bond donors (Lipinski definition) is 3. The van der Waals surface area contributed by atoms with E-state index in [2.05, 4.69) is 5.32 Å². The van der Waals surface area contributed by atoms with Gasteiger partial charge in [0, 0.05) is 11.8 Å². The van der Waals surface area contributed by atoms with Crippen LogP contribution in [0.4, 0.5) is 5.69 Å². The van der Waals surface area contributed by atoms with E-state index in [1.807, 2.05) is 13.8 Å². The Morgan fingerprint density at radius 3 is 2.75 bits per heavy atom. The van der Waals surface area contributed by atoms with Gasteiger partial charge in [-0.15, -0.1) is 0 Å². The molecule has 2 atom stereocenters. The predicted octanol–water partition coefficient (Wildman–Crippen LogP) is 1.46. The van der Waals surface area contributed by atoms with E-state index in [0.29, 0.717) is 11.4 Å². The van der Waals surface area contributed by atoms with Gasteiger partial charge >= 0.3 is 5.97 Å². The SMILES string of the molecule is CCC(C)[C@H](N)C(=O)Nc1cccc(OCC(=O)O)c1. The summed E-state index contributed by atoms with van der Waals surface area (Å²) in [7, 11) is 0. The second-order valence-electron chi connectivity index (χ2n) is 4.61. The molecular weight excluding hydrogens is 260 g/mol. The van der Waals surface area contributed by atoms with Crippen LogP contribution >= 0.6 is 0 Å². The fourth-order valence-corrected chi connectivity index (χ4v) is 1.55. The van der Waals surface area contributed by atoms with Crippen molar-refractivity contribution in [1.29, 1.82) is 0 Å². The van der Waals surface area contributed by atoms with Crippen LogP contribution in [0, 0.1) is 5.92 Å². The van der Waals surface area contributed by atoms with Gasteiger partial charge in [0.25, 0.3) is 0 Å². The first-order chi connectivity index (χ1) is 9.43. The van der Waals surface area contributed by atoms with Gasteiger partial charge in [-0.05, 0) is 18.1 Å². The third-order valence-corrected chi connectivity index (χ3v) is 3.02. The number of benzene rings is 1. The predicted molar refractivity (Wildman–Crippen MR) is 75.6 cm³/mol. The molecule has 6 heteroatoms. The van der Waals surface area contributed by atoms with Crippen LogP contribution in [0.2, 0.25) is 0 Å². The second kappa shape index (κ2) is 7.49. The molecular formula is C14H20N2O4. The fourth-order valence-electron chi connectivity index (χ4n) is 1.55. The van der Waals surface area contributed by atoms with Crippen LogP contribution in [-0.2, 0) is 9.59 Å². The molecule has 0 aromatic heterocycles. The van der Waals surface area contributed by atoms with Crippen LogP contribution < -0.4 is 15.8 Å². The average Bonchev–Trinajstić information content (AvgIpc) is 2.43. The second-order valence-corrected chi connectivity index (χ2v) is 4.61. The fraction of sp³-hybridized carbons (Fsp3) is 0.429. The van der Waals surface area contributed by atoms with Gasteiger partial charge in [0.05, 0.1) is 6.04 Å². The van der Waals surface area contributed by atoms with Crippen molar-refractivity contribution in [2.45, 2.75) is 26.3 Å². The summed E-state index contributed by atoms with van der Waals surface area (Å²) in [6.07, 6.45) is 0.816. The third-order valence-electron chi connectivity index (χ3n) is 3.02. The minimum atomic E-state index is -1.06. The van der Waals surface area contributed by atoms with E-state index in [0.717, 1.165) is 6.42 Å². The van der Waals surface area contributed by atoms with Crippen molar-refractivity contribution in [3.8, 4) is 5.75 Å². The molecule has 0 heterocycles. The van der Waals surface area contributed by atoms with Gasteiger partial charge in [0.15, 0.2) is 6.61 Å². The Balaban J connectivity index is 2.66. The largest absolute Gasteiger partial charge is 0.482 e. The summed E-state index contributed by atoms with van der Waals surface area (Å²) in [5.41, 5.74) is 6.36. The quantitative estimate of drug-likeness (QED) is 0.702. The lowest BCUT2D eigenvalue weighted by Gasteiger charge is -2.18. The zero-order chi connectivity index (χ0) is 15.1. The molecule has 1 amide bonds. The first-order valence-electron chi connectivity index (χ1n) is 6.45. The van der Waals surface area contributed by atoms with Crippen molar-refractivity contribution in [1.82, 2.24) is 0 Å². The normalized spacial score (nSPS) is 13.3. The molecule has 0 aliphatic rings. The minimum Gasteiger partial charge on any atom is -0.482 e. The number of hydrogen-bond acceptors (Lipinski definition) is 4. The molecule has 6 nitrogen and oxygen atoms in total. The van der Waals surface area contributed by atoms with Crippen LogP contribution in [-0.4, -0.2) is 29.6 Å². The van der Waals surface area contributed by atoms with Crippen molar-refractivity contribution >= 4 is 17.6 Å². The van der Waals surface area contributed by atoms with E-state index in [4.69, 9.17) is 15.6 Å². The Bertz CT molecular complexity index is 476. The Morgan fingerprint density at radius 2 is 2.15 bits per heavy atom. The Morgan fingerprint density at radius 1 is 1.45 bits per heavy atom. The lowest BCUT2D eigenvalue weighted by molar-refractivity contribution is -0.139. The molecule has 4 N–H and O–H groups in total. The van der Waals surface area contributed by atoms with Gasteiger partial charge in [-0.3, -0.25) is 4.79 Å². The number of amides is 1. The molecule has 1 aromatic rings. The Labute approximate surface area is 117 Å². The molecule has 20 heavy (non-hydrogen) atoms. The van der Waals surface area contributed by atoms with Crippen LogP contribution in [0.1, 0.15) is 20.3 Å². The van der Waals surface area contributed by atoms with Gasteiger partial charge in [-0.1, -0.05) is 26.3 Å². The van der Waals surface area contributed by atoms with Crippen LogP contribution in [0.5, 0.6) is 5.75 Å². The molecule has 0 saturated heterocycles. The van der Waals surface area contributed by atoms with Crippen LogP contribution in [0.15, 0.2) is 24.3 Å². The smallest absolute Gasteiger partial charge is 0.341 e. The standard InChI is InChI=1S/C14H20N2O4/c1-3-9(2)13(15)14(19)16-10-5-4-6-11(7-10)20-8-12(17)18/h4-7,9,13H,3,8,15H2,1-2H3,(H,16,19)(H,17,18)/t9?,13-/m0/s1. The van der Waals surface area contributed by atoms with E-state index >= 15 is 0 Å². The average molecular weight is 280 g/mol. The van der Waals surface area contributed by atoms with Gasteiger partial charge in [0.2, 0.25) is 5.91 Å². The zero-order valence-electron chi connectivity index (χ0n) is 11.6. The van der Waals surface area contributed by atoms with Crippen molar-refractivity contribution in [3.05, 3.63) is 24.3 Å². The number of nitrogens with one attached hydrogen (secondary N) is 1. The van der Waals surface area contributed by atoms with Crippen molar-refractivity contribution < 1.29 is 19.4 Å². The molecule has 110 valence electrons. The summed E-state index contributed by atoms with van der Waals surface area (Å²) >= 11 is 0. The van der Waals surface area contributed by atoms with Gasteiger partial charge in [-0.25, -0.2) is 4.79 Å². The molecule has 1 aromatic carbocycles. The van der Waals surface area contributed by atoms with E-state index in [1.165, 1.54) is 0 Å². The number of carboxylic acid groups (broad SMARTS) is 1. The maximum Gasteiger partial charge on any atom is 0.341 e. The maximum absolute atomic E-state index is 11.9. The lowest BCUT2D eigenvalue weighted by Crippen LogP contribution is -2.40. The highest BCUT2D eigenvalue weighted by Crippen LogP contribution is 2.18. The van der Waals surface area contributed by atoms with Crippen molar-refractivity contribution in [3.63, 3.8) is 0 Å². The molecule has 0 fully saturated rings. The molecule has 1 unspecified atom stereocenters. The van der Waals surface area contributed by atoms with E-state index in [1.54, 1.807) is 24.3 Å². The molecule has 0 radical (unpaired) electrons. The number of aliphatic carboxylic acids is 1. The number of nitrogens with two attached hydrogens (primary N) is 1. The number of rotatable bonds is 7. The molecule has 0 aliphatic carbocycles.